The van der Waals surface area contributed by atoms with Crippen LogP contribution in [0.2, 0.25) is 5.02 Å². The number of hydrogen-bond donors (Lipinski definition) is 1. The van der Waals surface area contributed by atoms with Crippen molar-refractivity contribution in [2.45, 2.75) is 44.4 Å². The highest BCUT2D eigenvalue weighted by Gasteiger charge is 2.15. The summed E-state index contributed by atoms with van der Waals surface area (Å²) in [4.78, 5) is 12.1. The van der Waals surface area contributed by atoms with Crippen LogP contribution in [0.15, 0.2) is 42.1 Å². The molecule has 1 N–H and O–H groups in total. The minimum atomic E-state index is 0.00662. The molecule has 0 unspecified atom stereocenters. The number of rotatable bonds is 9. The largest absolute Gasteiger partial charge is 0.353 e. The lowest BCUT2D eigenvalue weighted by atomic mass is 10.2. The number of allylic oxidation sites excluding steroid dienone is 1. The van der Waals surface area contributed by atoms with E-state index in [1.54, 1.807) is 6.08 Å². The molecular formula is C18H23ClN4OS. The van der Waals surface area contributed by atoms with Crippen molar-refractivity contribution in [2.75, 3.05) is 5.75 Å². The van der Waals surface area contributed by atoms with Crippen LogP contribution in [0.3, 0.4) is 0 Å². The van der Waals surface area contributed by atoms with Crippen molar-refractivity contribution >= 4 is 29.3 Å². The second kappa shape index (κ2) is 9.63. The summed E-state index contributed by atoms with van der Waals surface area (Å²) < 4.78 is 1.95. The van der Waals surface area contributed by atoms with E-state index < -0.39 is 0 Å². The molecule has 1 amide bonds. The van der Waals surface area contributed by atoms with E-state index in [-0.39, 0.29) is 11.9 Å². The molecule has 0 spiro atoms. The molecule has 25 heavy (non-hydrogen) atoms. The SMILES string of the molecule is C=CCn1c(SCC(=O)N[C@H](C)CCC)nnc1-c1ccc(Cl)cc1. The normalized spacial score (nSPS) is 12.0. The maximum Gasteiger partial charge on any atom is 0.230 e. The van der Waals surface area contributed by atoms with Crippen LogP contribution >= 0.6 is 23.4 Å². The summed E-state index contributed by atoms with van der Waals surface area (Å²) in [5.74, 6) is 1.05. The number of nitrogens with one attached hydrogen (secondary N) is 1. The van der Waals surface area contributed by atoms with Gasteiger partial charge in [0.15, 0.2) is 11.0 Å². The number of aromatic nitrogens is 3. The van der Waals surface area contributed by atoms with Crippen molar-refractivity contribution in [1.29, 1.82) is 0 Å². The summed E-state index contributed by atoms with van der Waals surface area (Å²) in [5, 5.41) is 12.9. The van der Waals surface area contributed by atoms with Crippen LogP contribution < -0.4 is 5.32 Å². The summed E-state index contributed by atoms with van der Waals surface area (Å²) >= 11 is 7.32. The Morgan fingerprint density at radius 3 is 2.76 bits per heavy atom. The van der Waals surface area contributed by atoms with E-state index in [4.69, 9.17) is 11.6 Å². The Morgan fingerprint density at radius 1 is 1.40 bits per heavy atom. The van der Waals surface area contributed by atoms with Gasteiger partial charge in [0.05, 0.1) is 5.75 Å². The van der Waals surface area contributed by atoms with Gasteiger partial charge in [-0.1, -0.05) is 42.8 Å². The monoisotopic (exact) mass is 378 g/mol. The first-order valence-electron chi connectivity index (χ1n) is 8.27. The Kier molecular flexibility index (Phi) is 7.52. The van der Waals surface area contributed by atoms with Gasteiger partial charge in [-0.25, -0.2) is 0 Å². The van der Waals surface area contributed by atoms with Gasteiger partial charge in [-0.3, -0.25) is 9.36 Å². The number of halogens is 1. The molecule has 2 aromatic rings. The quantitative estimate of drug-likeness (QED) is 0.525. The van der Waals surface area contributed by atoms with Crippen molar-refractivity contribution in [3.05, 3.63) is 41.9 Å². The van der Waals surface area contributed by atoms with E-state index in [1.807, 2.05) is 35.8 Å². The lowest BCUT2D eigenvalue weighted by Crippen LogP contribution is -2.33. The smallest absolute Gasteiger partial charge is 0.230 e. The molecule has 0 aliphatic rings. The van der Waals surface area contributed by atoms with Crippen LogP contribution in [-0.4, -0.2) is 32.5 Å². The van der Waals surface area contributed by atoms with Crippen LogP contribution in [0.5, 0.6) is 0 Å². The summed E-state index contributed by atoms with van der Waals surface area (Å²) in [6.07, 6.45) is 3.81. The minimum Gasteiger partial charge on any atom is -0.353 e. The Hall–Kier alpha value is -1.79. The van der Waals surface area contributed by atoms with E-state index in [9.17, 15) is 4.79 Å². The molecular weight excluding hydrogens is 356 g/mol. The zero-order valence-electron chi connectivity index (χ0n) is 14.5. The Morgan fingerprint density at radius 2 is 2.12 bits per heavy atom. The lowest BCUT2D eigenvalue weighted by molar-refractivity contribution is -0.119. The molecule has 0 radical (unpaired) electrons. The molecule has 1 aromatic heterocycles. The second-order valence-electron chi connectivity index (χ2n) is 5.76. The predicted octanol–water partition coefficient (Wildman–Crippen LogP) is 4.18. The van der Waals surface area contributed by atoms with Gasteiger partial charge in [0, 0.05) is 23.2 Å². The number of carbonyl (C=O) groups excluding carboxylic acids is 1. The average molecular weight is 379 g/mol. The van der Waals surface area contributed by atoms with Gasteiger partial charge < -0.3 is 5.32 Å². The van der Waals surface area contributed by atoms with Gasteiger partial charge in [-0.05, 0) is 37.6 Å². The molecule has 0 aliphatic carbocycles. The number of nitrogens with zero attached hydrogens (tertiary/aromatic N) is 3. The standard InChI is InChI=1S/C18H23ClN4OS/c1-4-6-13(3)20-16(24)12-25-18-22-21-17(23(18)11-5-2)14-7-9-15(19)10-8-14/h5,7-10,13H,2,4,6,11-12H2,1,3H3,(H,20,24)/t13-/m1/s1. The number of benzene rings is 1. The first-order valence-corrected chi connectivity index (χ1v) is 9.63. The maximum atomic E-state index is 12.1. The third kappa shape index (κ3) is 5.61. The molecule has 7 heteroatoms. The first-order chi connectivity index (χ1) is 12.0. The highest BCUT2D eigenvalue weighted by Crippen LogP contribution is 2.25. The van der Waals surface area contributed by atoms with Crippen molar-refractivity contribution in [3.8, 4) is 11.4 Å². The molecule has 0 bridgehead atoms. The third-order valence-corrected chi connectivity index (χ3v) is 4.81. The van der Waals surface area contributed by atoms with Crippen molar-refractivity contribution < 1.29 is 4.79 Å². The van der Waals surface area contributed by atoms with Crippen LogP contribution in [-0.2, 0) is 11.3 Å². The highest BCUT2D eigenvalue weighted by molar-refractivity contribution is 7.99. The Bertz CT molecular complexity index is 714. The fourth-order valence-electron chi connectivity index (χ4n) is 2.45. The highest BCUT2D eigenvalue weighted by atomic mass is 35.5. The fraction of sp³-hybridized carbons (Fsp3) is 0.389. The fourth-order valence-corrected chi connectivity index (χ4v) is 3.34. The summed E-state index contributed by atoms with van der Waals surface area (Å²) in [6.45, 7) is 8.49. The van der Waals surface area contributed by atoms with Crippen molar-refractivity contribution in [1.82, 2.24) is 20.1 Å². The van der Waals surface area contributed by atoms with E-state index in [2.05, 4.69) is 29.0 Å². The van der Waals surface area contributed by atoms with Gasteiger partial charge in [0.2, 0.25) is 5.91 Å². The maximum absolute atomic E-state index is 12.1. The molecule has 1 aromatic carbocycles. The number of amides is 1. The Labute approximate surface area is 157 Å². The van der Waals surface area contributed by atoms with E-state index in [0.717, 1.165) is 24.2 Å². The number of thioether (sulfide) groups is 1. The van der Waals surface area contributed by atoms with Gasteiger partial charge in [0.1, 0.15) is 0 Å². The topological polar surface area (TPSA) is 59.8 Å². The molecule has 2 rings (SSSR count). The van der Waals surface area contributed by atoms with Crippen LogP contribution in [0.25, 0.3) is 11.4 Å². The zero-order valence-corrected chi connectivity index (χ0v) is 16.1. The molecule has 0 aliphatic heterocycles. The molecule has 0 saturated heterocycles. The first kappa shape index (κ1) is 19.5. The van der Waals surface area contributed by atoms with Crippen molar-refractivity contribution in [2.24, 2.45) is 0 Å². The summed E-state index contributed by atoms with van der Waals surface area (Å²) in [6, 6.07) is 7.63. The molecule has 0 fully saturated rings. The summed E-state index contributed by atoms with van der Waals surface area (Å²) in [5.41, 5.74) is 0.923. The van der Waals surface area contributed by atoms with Crippen LogP contribution in [0.1, 0.15) is 26.7 Å². The van der Waals surface area contributed by atoms with Crippen LogP contribution in [0.4, 0.5) is 0 Å². The third-order valence-electron chi connectivity index (χ3n) is 3.59. The molecule has 1 heterocycles. The number of carbonyl (C=O) groups is 1. The van der Waals surface area contributed by atoms with Gasteiger partial charge in [-0.15, -0.1) is 16.8 Å². The van der Waals surface area contributed by atoms with E-state index in [0.29, 0.717) is 22.5 Å². The van der Waals surface area contributed by atoms with E-state index >= 15 is 0 Å². The van der Waals surface area contributed by atoms with Gasteiger partial charge >= 0.3 is 0 Å². The Balaban J connectivity index is 2.09. The zero-order chi connectivity index (χ0) is 18.2. The van der Waals surface area contributed by atoms with E-state index in [1.165, 1.54) is 11.8 Å². The molecule has 5 nitrogen and oxygen atoms in total. The molecule has 1 atom stereocenters. The second-order valence-corrected chi connectivity index (χ2v) is 7.14. The predicted molar refractivity (Wildman–Crippen MR) is 104 cm³/mol. The van der Waals surface area contributed by atoms with Gasteiger partial charge in [-0.2, -0.15) is 0 Å². The minimum absolute atomic E-state index is 0.00662. The van der Waals surface area contributed by atoms with Gasteiger partial charge in [0.25, 0.3) is 0 Å². The number of hydrogen-bond acceptors (Lipinski definition) is 4. The average Bonchev–Trinajstić information content (AvgIpc) is 2.97. The molecule has 134 valence electrons. The van der Waals surface area contributed by atoms with Crippen molar-refractivity contribution in [3.63, 3.8) is 0 Å². The molecule has 0 saturated carbocycles. The van der Waals surface area contributed by atoms with Crippen LogP contribution in [0, 0.1) is 0 Å². The lowest BCUT2D eigenvalue weighted by Gasteiger charge is -2.12. The summed E-state index contributed by atoms with van der Waals surface area (Å²) in [7, 11) is 0.